The van der Waals surface area contributed by atoms with Gasteiger partial charge in [-0.3, -0.25) is 9.59 Å². The normalized spacial score (nSPS) is 9.31. The summed E-state index contributed by atoms with van der Waals surface area (Å²) in [6, 6.07) is 4.00. The lowest BCUT2D eigenvalue weighted by molar-refractivity contribution is -0.105. The molecule has 0 radical (unpaired) electrons. The summed E-state index contributed by atoms with van der Waals surface area (Å²) in [5, 5.41) is 2.11. The van der Waals surface area contributed by atoms with Crippen molar-refractivity contribution in [2.75, 3.05) is 5.32 Å². The molecule has 0 spiro atoms. The number of hydrogen-bond acceptors (Lipinski definition) is 2. The van der Waals surface area contributed by atoms with Gasteiger partial charge in [0.25, 0.3) is 5.91 Å². The van der Waals surface area contributed by atoms with Crippen molar-refractivity contribution < 1.29 is 14.0 Å². The van der Waals surface area contributed by atoms with Crippen LogP contribution in [0.15, 0.2) is 18.2 Å². The van der Waals surface area contributed by atoms with Gasteiger partial charge in [-0.2, -0.15) is 0 Å². The number of anilines is 1. The first-order valence-corrected chi connectivity index (χ1v) is 3.45. The first-order chi connectivity index (χ1) is 6.16. The van der Waals surface area contributed by atoms with E-state index in [9.17, 15) is 14.0 Å². The number of hydrogen-bond donors (Lipinski definition) is 2. The maximum Gasteiger partial charge on any atom is 0.251 e. The van der Waals surface area contributed by atoms with Gasteiger partial charge in [0.2, 0.25) is 6.41 Å². The molecule has 1 aromatic carbocycles. The van der Waals surface area contributed by atoms with E-state index >= 15 is 0 Å². The second-order valence-electron chi connectivity index (χ2n) is 2.29. The predicted octanol–water partition coefficient (Wildman–Crippen LogP) is 0.493. The van der Waals surface area contributed by atoms with Crippen LogP contribution in [0.25, 0.3) is 0 Å². The lowest BCUT2D eigenvalue weighted by Gasteiger charge is -2.03. The fraction of sp³-hybridized carbons (Fsp3) is 0. The molecular weight excluding hydrogens is 175 g/mol. The van der Waals surface area contributed by atoms with Crippen molar-refractivity contribution in [1.82, 2.24) is 0 Å². The van der Waals surface area contributed by atoms with Crippen molar-refractivity contribution in [2.24, 2.45) is 5.73 Å². The number of halogens is 1. The monoisotopic (exact) mass is 182 g/mol. The summed E-state index contributed by atoms with van der Waals surface area (Å²) in [5.41, 5.74) is 4.58. The van der Waals surface area contributed by atoms with E-state index in [1.54, 1.807) is 0 Å². The van der Waals surface area contributed by atoms with Gasteiger partial charge in [-0.25, -0.2) is 4.39 Å². The molecule has 0 aliphatic carbocycles. The molecule has 0 saturated heterocycles. The van der Waals surface area contributed by atoms with Gasteiger partial charge in [0, 0.05) is 0 Å². The Labute approximate surface area is 73.5 Å². The van der Waals surface area contributed by atoms with Crippen molar-refractivity contribution in [3.05, 3.63) is 29.6 Å². The van der Waals surface area contributed by atoms with Crippen LogP contribution in [-0.4, -0.2) is 12.3 Å². The minimum atomic E-state index is -0.868. The largest absolute Gasteiger partial charge is 0.366 e. The predicted molar refractivity (Wildman–Crippen MR) is 44.6 cm³/mol. The van der Waals surface area contributed by atoms with E-state index in [1.807, 2.05) is 0 Å². The van der Waals surface area contributed by atoms with Gasteiger partial charge in [0.1, 0.15) is 0 Å². The Balaban J connectivity index is 3.17. The molecule has 13 heavy (non-hydrogen) atoms. The second-order valence-corrected chi connectivity index (χ2v) is 2.29. The fourth-order valence-corrected chi connectivity index (χ4v) is 0.897. The highest BCUT2D eigenvalue weighted by Gasteiger charge is 2.10. The summed E-state index contributed by atoms with van der Waals surface area (Å²) >= 11 is 0. The molecule has 0 aliphatic heterocycles. The molecular formula is C8H7FN2O2. The van der Waals surface area contributed by atoms with Crippen LogP contribution in [0.3, 0.4) is 0 Å². The number of amides is 2. The number of nitrogens with two attached hydrogens (primary N) is 1. The number of primary amides is 1. The van der Waals surface area contributed by atoms with E-state index < -0.39 is 11.7 Å². The van der Waals surface area contributed by atoms with Gasteiger partial charge in [-0.15, -0.1) is 0 Å². The van der Waals surface area contributed by atoms with Crippen LogP contribution in [0.4, 0.5) is 10.1 Å². The van der Waals surface area contributed by atoms with Crippen LogP contribution in [0.2, 0.25) is 0 Å². The van der Waals surface area contributed by atoms with Crippen LogP contribution < -0.4 is 11.1 Å². The maximum atomic E-state index is 13.2. The second kappa shape index (κ2) is 3.66. The maximum absolute atomic E-state index is 13.2. The molecule has 2 amide bonds. The number of nitrogens with one attached hydrogen (secondary N) is 1. The molecule has 0 saturated carbocycles. The van der Waals surface area contributed by atoms with Crippen LogP contribution in [0, 0.1) is 5.82 Å². The van der Waals surface area contributed by atoms with E-state index in [0.717, 1.165) is 0 Å². The topological polar surface area (TPSA) is 72.2 Å². The molecule has 4 nitrogen and oxygen atoms in total. The molecule has 0 fully saturated rings. The lowest BCUT2D eigenvalue weighted by Crippen LogP contribution is -2.14. The molecule has 0 aliphatic rings. The molecule has 3 N–H and O–H groups in total. The molecule has 0 unspecified atom stereocenters. The van der Waals surface area contributed by atoms with Crippen molar-refractivity contribution in [3.8, 4) is 0 Å². The highest BCUT2D eigenvalue weighted by molar-refractivity contribution is 5.94. The van der Waals surface area contributed by atoms with Crippen molar-refractivity contribution in [3.63, 3.8) is 0 Å². The molecule has 0 heterocycles. The quantitative estimate of drug-likeness (QED) is 0.668. The number of benzene rings is 1. The molecule has 0 bridgehead atoms. The highest BCUT2D eigenvalue weighted by Crippen LogP contribution is 2.16. The molecule has 1 rings (SSSR count). The summed E-state index contributed by atoms with van der Waals surface area (Å²) in [5.74, 6) is -1.69. The van der Waals surface area contributed by atoms with Crippen molar-refractivity contribution in [1.29, 1.82) is 0 Å². The Hall–Kier alpha value is -1.91. The zero-order chi connectivity index (χ0) is 9.84. The molecule has 0 aromatic heterocycles. The van der Waals surface area contributed by atoms with Crippen molar-refractivity contribution >= 4 is 18.0 Å². The Bertz CT molecular complexity index is 352. The zero-order valence-corrected chi connectivity index (χ0v) is 6.58. The summed E-state index contributed by atoms with van der Waals surface area (Å²) < 4.78 is 13.2. The van der Waals surface area contributed by atoms with Gasteiger partial charge in [0.05, 0.1) is 11.3 Å². The third-order valence-corrected chi connectivity index (χ3v) is 1.48. The van der Waals surface area contributed by atoms with Crippen molar-refractivity contribution in [2.45, 2.75) is 0 Å². The molecule has 1 aromatic rings. The van der Waals surface area contributed by atoms with Gasteiger partial charge in [-0.05, 0) is 12.1 Å². The Morgan fingerprint density at radius 3 is 2.77 bits per heavy atom. The van der Waals surface area contributed by atoms with Gasteiger partial charge < -0.3 is 11.1 Å². The smallest absolute Gasteiger partial charge is 0.251 e. The summed E-state index contributed by atoms with van der Waals surface area (Å²) in [4.78, 5) is 20.7. The molecule has 0 atom stereocenters. The Morgan fingerprint density at radius 1 is 1.54 bits per heavy atom. The SMILES string of the molecule is NC(=O)c1cccc(NC=O)c1F. The first kappa shape index (κ1) is 9.18. The van der Waals surface area contributed by atoms with E-state index in [4.69, 9.17) is 5.73 Å². The van der Waals surface area contributed by atoms with Gasteiger partial charge in [-0.1, -0.05) is 6.07 Å². The third-order valence-electron chi connectivity index (χ3n) is 1.48. The molecule has 68 valence electrons. The number of rotatable bonds is 3. The van der Waals surface area contributed by atoms with Crippen LogP contribution in [0.1, 0.15) is 10.4 Å². The summed E-state index contributed by atoms with van der Waals surface area (Å²) in [7, 11) is 0. The zero-order valence-electron chi connectivity index (χ0n) is 6.58. The van der Waals surface area contributed by atoms with Gasteiger partial charge >= 0.3 is 0 Å². The first-order valence-electron chi connectivity index (χ1n) is 3.45. The van der Waals surface area contributed by atoms with Crippen LogP contribution in [0.5, 0.6) is 0 Å². The minimum absolute atomic E-state index is 0.0636. The molecule has 5 heteroatoms. The lowest BCUT2D eigenvalue weighted by atomic mass is 10.2. The third kappa shape index (κ3) is 1.81. The van der Waals surface area contributed by atoms with E-state index in [1.165, 1.54) is 18.2 Å². The van der Waals surface area contributed by atoms with E-state index in [0.29, 0.717) is 6.41 Å². The summed E-state index contributed by atoms with van der Waals surface area (Å²) in [6.45, 7) is 0. The average molecular weight is 182 g/mol. The van der Waals surface area contributed by atoms with Gasteiger partial charge in [0.15, 0.2) is 5.82 Å². The van der Waals surface area contributed by atoms with Crippen LogP contribution >= 0.6 is 0 Å². The highest BCUT2D eigenvalue weighted by atomic mass is 19.1. The Kier molecular flexibility index (Phi) is 2.59. The number of carbonyl (C=O) groups is 2. The number of carbonyl (C=O) groups excluding carboxylic acids is 2. The standard InChI is InChI=1S/C8H7FN2O2/c9-7-5(8(10)13)2-1-3-6(7)11-4-12/h1-4H,(H2,10,13)(H,11,12). The fourth-order valence-electron chi connectivity index (χ4n) is 0.897. The van der Waals surface area contributed by atoms with E-state index in [2.05, 4.69) is 5.32 Å². The van der Waals surface area contributed by atoms with Crippen LogP contribution in [-0.2, 0) is 4.79 Å². The minimum Gasteiger partial charge on any atom is -0.366 e. The average Bonchev–Trinajstić information content (AvgIpc) is 2.08. The summed E-state index contributed by atoms with van der Waals surface area (Å²) in [6.07, 6.45) is 0.323. The van der Waals surface area contributed by atoms with E-state index in [-0.39, 0.29) is 11.3 Å². The Morgan fingerprint density at radius 2 is 2.23 bits per heavy atom.